The first-order chi connectivity index (χ1) is 10.1. The van der Waals surface area contributed by atoms with E-state index < -0.39 is 0 Å². The summed E-state index contributed by atoms with van der Waals surface area (Å²) in [6.07, 6.45) is 4.62. The van der Waals surface area contributed by atoms with Crippen LogP contribution in [0.25, 0.3) is 11.0 Å². The van der Waals surface area contributed by atoms with Crippen molar-refractivity contribution in [1.29, 1.82) is 0 Å². The summed E-state index contributed by atoms with van der Waals surface area (Å²) in [6, 6.07) is 7.15. The molecule has 2 aromatic rings. The van der Waals surface area contributed by atoms with E-state index in [0.29, 0.717) is 35.2 Å². The van der Waals surface area contributed by atoms with E-state index in [4.69, 9.17) is 21.8 Å². The van der Waals surface area contributed by atoms with Crippen LogP contribution in [0.5, 0.6) is 0 Å². The Bertz CT molecular complexity index is 600. The Morgan fingerprint density at radius 1 is 1.29 bits per heavy atom. The summed E-state index contributed by atoms with van der Waals surface area (Å²) < 4.78 is 5.60. The Hall–Kier alpha value is -1.32. The van der Waals surface area contributed by atoms with Crippen LogP contribution in [-0.2, 0) is 0 Å². The summed E-state index contributed by atoms with van der Waals surface area (Å²) in [5.41, 5.74) is 6.33. The highest BCUT2D eigenvalue weighted by atomic mass is 35.5. The van der Waals surface area contributed by atoms with Crippen LogP contribution < -0.4 is 5.73 Å². The SMILES string of the molecule is CCCC(CCN)CCC(=O)c1cc2cc(Cl)ccc2o1. The van der Waals surface area contributed by atoms with E-state index >= 15 is 0 Å². The van der Waals surface area contributed by atoms with Gasteiger partial charge in [-0.25, -0.2) is 0 Å². The van der Waals surface area contributed by atoms with E-state index in [1.54, 1.807) is 18.2 Å². The maximum atomic E-state index is 12.3. The van der Waals surface area contributed by atoms with Crippen molar-refractivity contribution in [1.82, 2.24) is 0 Å². The van der Waals surface area contributed by atoms with Gasteiger partial charge in [0.25, 0.3) is 0 Å². The number of carbonyl (C=O) groups is 1. The fourth-order valence-electron chi connectivity index (χ4n) is 2.69. The number of hydrogen-bond acceptors (Lipinski definition) is 3. The van der Waals surface area contributed by atoms with Crippen molar-refractivity contribution in [2.24, 2.45) is 11.7 Å². The molecule has 1 atom stereocenters. The molecule has 21 heavy (non-hydrogen) atoms. The van der Waals surface area contributed by atoms with Gasteiger partial charge in [-0.15, -0.1) is 0 Å². The molecule has 0 saturated heterocycles. The number of furan rings is 1. The Morgan fingerprint density at radius 3 is 2.81 bits per heavy atom. The highest BCUT2D eigenvalue weighted by Gasteiger charge is 2.15. The Labute approximate surface area is 130 Å². The molecular formula is C17H22ClNO2. The van der Waals surface area contributed by atoms with Crippen molar-refractivity contribution in [2.45, 2.75) is 39.0 Å². The molecule has 0 saturated carbocycles. The molecule has 114 valence electrons. The second-order valence-corrected chi connectivity index (χ2v) is 5.92. The monoisotopic (exact) mass is 307 g/mol. The lowest BCUT2D eigenvalue weighted by atomic mass is 9.93. The number of hydrogen-bond donors (Lipinski definition) is 1. The van der Waals surface area contributed by atoms with Gasteiger partial charge in [-0.1, -0.05) is 31.4 Å². The predicted octanol–water partition coefficient (Wildman–Crippen LogP) is 4.81. The first kappa shape index (κ1) is 16.1. The van der Waals surface area contributed by atoms with Crippen LogP contribution in [0.2, 0.25) is 5.02 Å². The number of carbonyl (C=O) groups excluding carboxylic acids is 1. The van der Waals surface area contributed by atoms with Crippen LogP contribution in [-0.4, -0.2) is 12.3 Å². The van der Waals surface area contributed by atoms with Gasteiger partial charge < -0.3 is 10.2 Å². The molecule has 0 radical (unpaired) electrons. The molecule has 2 N–H and O–H groups in total. The summed E-state index contributed by atoms with van der Waals surface area (Å²) in [6.45, 7) is 2.84. The normalized spacial score (nSPS) is 12.7. The number of Topliss-reactive ketones (excluding diaryl/α,β-unsaturated/α-hetero) is 1. The minimum absolute atomic E-state index is 0.0560. The zero-order valence-electron chi connectivity index (χ0n) is 12.4. The topological polar surface area (TPSA) is 56.2 Å². The second kappa shape index (κ2) is 7.62. The summed E-state index contributed by atoms with van der Waals surface area (Å²) in [5, 5.41) is 1.52. The van der Waals surface area contributed by atoms with Gasteiger partial charge in [-0.3, -0.25) is 4.79 Å². The van der Waals surface area contributed by atoms with E-state index in [2.05, 4.69) is 6.92 Å². The van der Waals surface area contributed by atoms with E-state index in [9.17, 15) is 4.79 Å². The second-order valence-electron chi connectivity index (χ2n) is 5.49. The lowest BCUT2D eigenvalue weighted by Crippen LogP contribution is -2.10. The fraction of sp³-hybridized carbons (Fsp3) is 0.471. The van der Waals surface area contributed by atoms with Crippen LogP contribution in [0.4, 0.5) is 0 Å². The molecule has 0 aliphatic carbocycles. The van der Waals surface area contributed by atoms with Crippen molar-refractivity contribution in [3.63, 3.8) is 0 Å². The molecule has 1 heterocycles. The van der Waals surface area contributed by atoms with Gasteiger partial charge in [0.15, 0.2) is 11.5 Å². The van der Waals surface area contributed by atoms with Crippen LogP contribution in [0, 0.1) is 5.92 Å². The van der Waals surface area contributed by atoms with E-state index in [-0.39, 0.29) is 5.78 Å². The van der Waals surface area contributed by atoms with Crippen molar-refractivity contribution in [3.05, 3.63) is 35.0 Å². The van der Waals surface area contributed by atoms with E-state index in [1.165, 1.54) is 0 Å². The quantitative estimate of drug-likeness (QED) is 0.712. The third-order valence-electron chi connectivity index (χ3n) is 3.80. The fourth-order valence-corrected chi connectivity index (χ4v) is 2.87. The third-order valence-corrected chi connectivity index (χ3v) is 4.04. The Kier molecular flexibility index (Phi) is 5.83. The van der Waals surface area contributed by atoms with E-state index in [0.717, 1.165) is 31.1 Å². The van der Waals surface area contributed by atoms with Gasteiger partial charge in [0.05, 0.1) is 0 Å². The molecule has 0 aliphatic heterocycles. The zero-order chi connectivity index (χ0) is 15.2. The summed E-state index contributed by atoms with van der Waals surface area (Å²) >= 11 is 5.94. The van der Waals surface area contributed by atoms with Crippen molar-refractivity contribution in [3.8, 4) is 0 Å². The van der Waals surface area contributed by atoms with Gasteiger partial charge in [0.2, 0.25) is 0 Å². The van der Waals surface area contributed by atoms with Crippen LogP contribution in [0.15, 0.2) is 28.7 Å². The summed E-state index contributed by atoms with van der Waals surface area (Å²) in [4.78, 5) is 12.3. The molecule has 0 aliphatic rings. The number of ketones is 1. The van der Waals surface area contributed by atoms with Crippen molar-refractivity contribution in [2.75, 3.05) is 6.54 Å². The number of rotatable bonds is 8. The predicted molar refractivity (Wildman–Crippen MR) is 86.9 cm³/mol. The molecule has 1 unspecified atom stereocenters. The highest BCUT2D eigenvalue weighted by molar-refractivity contribution is 6.31. The Morgan fingerprint density at radius 2 is 2.10 bits per heavy atom. The number of fused-ring (bicyclic) bond motifs is 1. The van der Waals surface area contributed by atoms with E-state index in [1.807, 2.05) is 6.07 Å². The first-order valence-electron chi connectivity index (χ1n) is 7.56. The summed E-state index contributed by atoms with van der Waals surface area (Å²) in [5.74, 6) is 1.01. The van der Waals surface area contributed by atoms with Crippen LogP contribution >= 0.6 is 11.6 Å². The average Bonchev–Trinajstić information content (AvgIpc) is 2.88. The standard InChI is InChI=1S/C17H22ClNO2/c1-2-3-12(8-9-19)4-6-15(20)17-11-13-10-14(18)5-7-16(13)21-17/h5,7,10-12H,2-4,6,8-9,19H2,1H3. The maximum absolute atomic E-state index is 12.3. The minimum Gasteiger partial charge on any atom is -0.453 e. The molecular weight excluding hydrogens is 286 g/mol. The first-order valence-corrected chi connectivity index (χ1v) is 7.94. The molecule has 1 aromatic carbocycles. The van der Waals surface area contributed by atoms with Crippen molar-refractivity contribution >= 4 is 28.4 Å². The zero-order valence-corrected chi connectivity index (χ0v) is 13.2. The molecule has 0 amide bonds. The van der Waals surface area contributed by atoms with Gasteiger partial charge in [-0.05, 0) is 49.6 Å². The number of benzene rings is 1. The maximum Gasteiger partial charge on any atom is 0.198 e. The minimum atomic E-state index is 0.0560. The van der Waals surface area contributed by atoms with Gasteiger partial charge >= 0.3 is 0 Å². The summed E-state index contributed by atoms with van der Waals surface area (Å²) in [7, 11) is 0. The molecule has 4 heteroatoms. The molecule has 1 aromatic heterocycles. The third kappa shape index (κ3) is 4.32. The molecule has 0 fully saturated rings. The molecule has 0 spiro atoms. The lowest BCUT2D eigenvalue weighted by Gasteiger charge is -2.13. The van der Waals surface area contributed by atoms with Gasteiger partial charge in [0, 0.05) is 16.8 Å². The van der Waals surface area contributed by atoms with Crippen LogP contribution in [0.1, 0.15) is 49.6 Å². The van der Waals surface area contributed by atoms with Crippen LogP contribution in [0.3, 0.4) is 0 Å². The van der Waals surface area contributed by atoms with Gasteiger partial charge in [0.1, 0.15) is 5.58 Å². The molecule has 3 nitrogen and oxygen atoms in total. The highest BCUT2D eigenvalue weighted by Crippen LogP contribution is 2.25. The average molecular weight is 308 g/mol. The molecule has 2 rings (SSSR count). The Balaban J connectivity index is 2.01. The van der Waals surface area contributed by atoms with Gasteiger partial charge in [-0.2, -0.15) is 0 Å². The molecule has 0 bridgehead atoms. The lowest BCUT2D eigenvalue weighted by molar-refractivity contribution is 0.0947. The number of halogens is 1. The number of nitrogens with two attached hydrogens (primary N) is 1. The smallest absolute Gasteiger partial charge is 0.198 e. The van der Waals surface area contributed by atoms with Crippen molar-refractivity contribution < 1.29 is 9.21 Å². The largest absolute Gasteiger partial charge is 0.453 e.